The Balaban J connectivity index is 2.85. The van der Waals surface area contributed by atoms with Crippen LogP contribution >= 0.6 is 15.9 Å². The molecule has 0 fully saturated rings. The largest absolute Gasteiger partial charge is 0.389 e. The molecule has 0 aromatic heterocycles. The van der Waals surface area contributed by atoms with Crippen molar-refractivity contribution in [1.29, 1.82) is 0 Å². The van der Waals surface area contributed by atoms with Gasteiger partial charge in [-0.15, -0.1) is 0 Å². The highest BCUT2D eigenvalue weighted by molar-refractivity contribution is 9.10. The summed E-state index contributed by atoms with van der Waals surface area (Å²) in [5, 5.41) is 9.63. The number of hydrogen-bond acceptors (Lipinski definition) is 4. The summed E-state index contributed by atoms with van der Waals surface area (Å²) < 4.78 is 11.2. The lowest BCUT2D eigenvalue weighted by Gasteiger charge is -2.25. The van der Waals surface area contributed by atoms with E-state index in [1.54, 1.807) is 21.1 Å². The Morgan fingerprint density at radius 2 is 1.79 bits per heavy atom. The van der Waals surface area contributed by atoms with Crippen molar-refractivity contribution in [2.45, 2.75) is 13.0 Å². The van der Waals surface area contributed by atoms with Gasteiger partial charge >= 0.3 is 0 Å². The number of nitrogens with zero attached hydrogens (tertiary/aromatic N) is 1. The van der Waals surface area contributed by atoms with Gasteiger partial charge in [0.2, 0.25) is 0 Å². The second-order valence-corrected chi connectivity index (χ2v) is 5.21. The van der Waals surface area contributed by atoms with E-state index in [-0.39, 0.29) is 0 Å². The fourth-order valence-electron chi connectivity index (χ4n) is 1.82. The predicted molar refractivity (Wildman–Crippen MR) is 80.7 cm³/mol. The maximum atomic E-state index is 9.63. The number of aliphatic hydroxyl groups is 1. The van der Waals surface area contributed by atoms with Crippen LogP contribution in [0, 0.1) is 0 Å². The zero-order valence-electron chi connectivity index (χ0n) is 11.7. The van der Waals surface area contributed by atoms with Crippen LogP contribution in [0.1, 0.15) is 18.6 Å². The standard InChI is InChI=1S/C14H22BrNO3/c1-11(17)13-5-4-12(10-14(13)15)16(6-8-18-2)7-9-19-3/h4-5,10-11,17H,6-9H2,1-3H3/t11-/m1/s1. The van der Waals surface area contributed by atoms with Gasteiger partial charge < -0.3 is 19.5 Å². The van der Waals surface area contributed by atoms with E-state index in [4.69, 9.17) is 9.47 Å². The van der Waals surface area contributed by atoms with Gasteiger partial charge in [0.05, 0.1) is 19.3 Å². The van der Waals surface area contributed by atoms with E-state index in [2.05, 4.69) is 20.8 Å². The number of aliphatic hydroxyl groups excluding tert-OH is 1. The van der Waals surface area contributed by atoms with Crippen molar-refractivity contribution in [3.8, 4) is 0 Å². The third-order valence-corrected chi connectivity index (χ3v) is 3.62. The monoisotopic (exact) mass is 331 g/mol. The highest BCUT2D eigenvalue weighted by Gasteiger charge is 2.11. The minimum Gasteiger partial charge on any atom is -0.389 e. The zero-order valence-corrected chi connectivity index (χ0v) is 13.3. The first-order valence-electron chi connectivity index (χ1n) is 6.30. The molecule has 1 aromatic rings. The van der Waals surface area contributed by atoms with Crippen molar-refractivity contribution in [2.24, 2.45) is 0 Å². The van der Waals surface area contributed by atoms with Gasteiger partial charge in [-0.05, 0) is 24.6 Å². The number of methoxy groups -OCH3 is 2. The molecule has 1 atom stereocenters. The molecule has 0 heterocycles. The molecule has 0 amide bonds. The molecular formula is C14H22BrNO3. The van der Waals surface area contributed by atoms with E-state index in [1.165, 1.54) is 0 Å². The van der Waals surface area contributed by atoms with Crippen molar-refractivity contribution in [3.05, 3.63) is 28.2 Å². The maximum Gasteiger partial charge on any atom is 0.0772 e. The van der Waals surface area contributed by atoms with Crippen molar-refractivity contribution in [2.75, 3.05) is 45.4 Å². The lowest BCUT2D eigenvalue weighted by Crippen LogP contribution is -2.30. The number of hydrogen-bond donors (Lipinski definition) is 1. The third-order valence-electron chi connectivity index (χ3n) is 2.93. The Bertz CT molecular complexity index is 377. The average Bonchev–Trinajstić information content (AvgIpc) is 2.38. The third kappa shape index (κ3) is 5.10. The molecule has 0 unspecified atom stereocenters. The SMILES string of the molecule is COCCN(CCOC)c1ccc([C@@H](C)O)c(Br)c1. The summed E-state index contributed by atoms with van der Waals surface area (Å²) in [4.78, 5) is 2.20. The van der Waals surface area contributed by atoms with E-state index in [1.807, 2.05) is 18.2 Å². The molecule has 108 valence electrons. The molecule has 19 heavy (non-hydrogen) atoms. The van der Waals surface area contributed by atoms with Gasteiger partial charge in [0, 0.05) is 37.5 Å². The van der Waals surface area contributed by atoms with Gasteiger partial charge in [-0.25, -0.2) is 0 Å². The highest BCUT2D eigenvalue weighted by Crippen LogP contribution is 2.28. The van der Waals surface area contributed by atoms with Gasteiger partial charge in [-0.2, -0.15) is 0 Å². The van der Waals surface area contributed by atoms with Crippen LogP contribution in [-0.4, -0.2) is 45.6 Å². The van der Waals surface area contributed by atoms with Crippen LogP contribution < -0.4 is 4.90 Å². The lowest BCUT2D eigenvalue weighted by molar-refractivity contribution is 0.190. The van der Waals surface area contributed by atoms with Gasteiger partial charge in [-0.3, -0.25) is 0 Å². The lowest BCUT2D eigenvalue weighted by atomic mass is 10.1. The Labute approximate surface area is 123 Å². The summed E-state index contributed by atoms with van der Waals surface area (Å²) in [6, 6.07) is 5.97. The normalized spacial score (nSPS) is 12.5. The van der Waals surface area contributed by atoms with Gasteiger partial charge in [0.25, 0.3) is 0 Å². The van der Waals surface area contributed by atoms with E-state index >= 15 is 0 Å². The van der Waals surface area contributed by atoms with Crippen LogP contribution in [0.4, 0.5) is 5.69 Å². The van der Waals surface area contributed by atoms with Crippen LogP contribution in [0.15, 0.2) is 22.7 Å². The average molecular weight is 332 g/mol. The van der Waals surface area contributed by atoms with Crippen molar-refractivity contribution in [3.63, 3.8) is 0 Å². The topological polar surface area (TPSA) is 41.9 Å². The van der Waals surface area contributed by atoms with Crippen molar-refractivity contribution < 1.29 is 14.6 Å². The summed E-state index contributed by atoms with van der Waals surface area (Å²) in [5.41, 5.74) is 1.98. The number of halogens is 1. The first-order chi connectivity index (χ1) is 9.10. The van der Waals surface area contributed by atoms with Crippen LogP contribution in [0.2, 0.25) is 0 Å². The van der Waals surface area contributed by atoms with E-state index < -0.39 is 6.10 Å². The maximum absolute atomic E-state index is 9.63. The van der Waals surface area contributed by atoms with E-state index in [9.17, 15) is 5.11 Å². The number of anilines is 1. The molecule has 0 saturated heterocycles. The summed E-state index contributed by atoms with van der Waals surface area (Å²) in [6.07, 6.45) is -0.477. The number of ether oxygens (including phenoxy) is 2. The second kappa shape index (κ2) is 8.53. The van der Waals surface area contributed by atoms with Crippen molar-refractivity contribution >= 4 is 21.6 Å². The Hall–Kier alpha value is -0.620. The minimum atomic E-state index is -0.477. The van der Waals surface area contributed by atoms with Gasteiger partial charge in [-0.1, -0.05) is 22.0 Å². The summed E-state index contributed by atoms with van der Waals surface area (Å²) in [5.74, 6) is 0. The second-order valence-electron chi connectivity index (χ2n) is 4.35. The summed E-state index contributed by atoms with van der Waals surface area (Å²) in [7, 11) is 3.39. The molecule has 1 aromatic carbocycles. The fourth-order valence-corrected chi connectivity index (χ4v) is 2.52. The molecule has 0 aliphatic heterocycles. The van der Waals surface area contributed by atoms with Gasteiger partial charge in [0.1, 0.15) is 0 Å². The summed E-state index contributed by atoms with van der Waals surface area (Å²) >= 11 is 3.50. The molecule has 0 radical (unpaired) electrons. The molecule has 0 aliphatic rings. The Morgan fingerprint density at radius 3 is 2.21 bits per heavy atom. The fraction of sp³-hybridized carbons (Fsp3) is 0.571. The quantitative estimate of drug-likeness (QED) is 0.795. The highest BCUT2D eigenvalue weighted by atomic mass is 79.9. The predicted octanol–water partition coefficient (Wildman–Crippen LogP) is 2.60. The smallest absolute Gasteiger partial charge is 0.0772 e. The minimum absolute atomic E-state index is 0.477. The van der Waals surface area contributed by atoms with Crippen LogP contribution in [0.25, 0.3) is 0 Å². The molecule has 0 bridgehead atoms. The molecule has 0 spiro atoms. The molecule has 1 rings (SSSR count). The first kappa shape index (κ1) is 16.4. The van der Waals surface area contributed by atoms with E-state index in [0.717, 1.165) is 28.8 Å². The van der Waals surface area contributed by atoms with Gasteiger partial charge in [0.15, 0.2) is 0 Å². The number of rotatable bonds is 8. The Morgan fingerprint density at radius 1 is 1.21 bits per heavy atom. The van der Waals surface area contributed by atoms with Crippen molar-refractivity contribution in [1.82, 2.24) is 0 Å². The van der Waals surface area contributed by atoms with Crippen LogP contribution in [0.3, 0.4) is 0 Å². The van der Waals surface area contributed by atoms with Crippen LogP contribution in [0.5, 0.6) is 0 Å². The van der Waals surface area contributed by atoms with Crippen LogP contribution in [-0.2, 0) is 9.47 Å². The Kier molecular flexibility index (Phi) is 7.38. The molecule has 0 saturated carbocycles. The molecule has 1 N–H and O–H groups in total. The number of benzene rings is 1. The van der Waals surface area contributed by atoms with E-state index in [0.29, 0.717) is 13.2 Å². The molecule has 4 nitrogen and oxygen atoms in total. The molecule has 0 aliphatic carbocycles. The zero-order chi connectivity index (χ0) is 14.3. The first-order valence-corrected chi connectivity index (χ1v) is 7.09. The molecule has 5 heteroatoms. The summed E-state index contributed by atoms with van der Waals surface area (Å²) in [6.45, 7) is 4.70. The molecular weight excluding hydrogens is 310 g/mol.